The molecule has 0 bridgehead atoms. The number of hydrogen-bond acceptors (Lipinski definition) is 14. The maximum absolute atomic E-state index is 12.3. The molecule has 2 N–H and O–H groups in total. The van der Waals surface area contributed by atoms with Gasteiger partial charge in [0, 0.05) is 22.8 Å². The number of Topliss-reactive ketones (excluding diaryl/α,β-unsaturated/α-hetero) is 1. The minimum absolute atomic E-state index is 0. The maximum atomic E-state index is 12.3. The largest absolute Gasteiger partial charge is 1.00 e. The van der Waals surface area contributed by atoms with Crippen LogP contribution < -0.4 is 66.1 Å². The number of carboxylic acids is 1. The van der Waals surface area contributed by atoms with E-state index in [9.17, 15) is 55.5 Å². The fourth-order valence-electron chi connectivity index (χ4n) is 7.36. The first kappa shape index (κ1) is 81.4. The summed E-state index contributed by atoms with van der Waals surface area (Å²) in [6.45, 7) is 19.8. The Morgan fingerprint density at radius 1 is 0.562 bits per heavy atom. The van der Waals surface area contributed by atoms with Crippen LogP contribution in [-0.4, -0.2) is 77.9 Å². The van der Waals surface area contributed by atoms with Gasteiger partial charge in [0.2, 0.25) is 5.91 Å². The van der Waals surface area contributed by atoms with Crippen LogP contribution in [0, 0.1) is 0 Å². The van der Waals surface area contributed by atoms with E-state index in [1.54, 1.807) is 50.2 Å². The first-order valence-electron chi connectivity index (χ1n) is 27.8. The third-order valence-corrected chi connectivity index (χ3v) is 12.2. The summed E-state index contributed by atoms with van der Waals surface area (Å²) in [5, 5.41) is 27.7. The van der Waals surface area contributed by atoms with Crippen LogP contribution in [0.25, 0.3) is 54.3 Å². The number of nitrogens with zero attached hydrogens (tertiary/aromatic N) is 2. The molecule has 89 heavy (non-hydrogen) atoms. The number of carbonyl (C=O) groups is 6. The number of esters is 2. The number of carbonyl (C=O) groups excluding carboxylic acids is 6. The molecule has 470 valence electrons. The van der Waals surface area contributed by atoms with E-state index in [1.165, 1.54) is 10.8 Å². The molecule has 1 aliphatic heterocycles. The van der Waals surface area contributed by atoms with E-state index in [0.717, 1.165) is 49.7 Å². The van der Waals surface area contributed by atoms with Gasteiger partial charge in [0.15, 0.2) is 5.78 Å². The van der Waals surface area contributed by atoms with Crippen molar-refractivity contribution < 1.29 is 121 Å². The molecule has 0 spiro atoms. The number of ketones is 1. The summed E-state index contributed by atoms with van der Waals surface area (Å²) in [7, 11) is -5.74. The molecule has 1 aromatic heterocycles. The number of benzene rings is 8. The first-order valence-corrected chi connectivity index (χ1v) is 29.6. The number of hydrogen-bond donors (Lipinski definition) is 2. The number of halogens is 4. The van der Waals surface area contributed by atoms with Crippen LogP contribution >= 0.6 is 11.6 Å². The van der Waals surface area contributed by atoms with Crippen molar-refractivity contribution in [3.8, 4) is 17.1 Å². The van der Waals surface area contributed by atoms with Gasteiger partial charge in [0.1, 0.15) is 6.42 Å². The number of fused-ring (bicyclic) bond motifs is 4. The fourth-order valence-corrected chi connectivity index (χ4v) is 7.88. The van der Waals surface area contributed by atoms with Crippen LogP contribution in [0.5, 0.6) is 5.88 Å². The number of carboxylic acid groups (broad SMARTS) is 1. The standard InChI is InChI=1S/C15H14O3.C14H9F3N2O3S.C13H10N2O.C11H7ClO.C5H8O4.4C2H6.CH4.K/c1-2-18-15(17)10-14(16)13-8-7-11-5-3-4-6-12(11)9-13;15-14(16,17)23(20,21)22-13-8-12(18-19-13)11-6-5-9-3-1-2-4-10(9)7-11;16-13-8-12(14-15-13)11-6-5-9-3-1-2-4-10(9)7-11;12-11(13)10-6-5-8-3-1-2-4-9(8)7-10;1-2-9-5(8)3-4(6)7;4*1-2;;/h3-9H,2,10H2,1H3;1-8H,(H,18,19);1-7H,8H2,(H,15,16);1-7H;2-3H2,1H3,(H,6,7);4*1-2H3;1H4;/q;;;;;;;;;;+1/p-1. The van der Waals surface area contributed by atoms with Crippen LogP contribution in [0.1, 0.15) is 122 Å². The number of amides is 1. The Hall–Kier alpha value is -7.63. The van der Waals surface area contributed by atoms with Gasteiger partial charge in [0.25, 0.3) is 11.1 Å². The first-order chi connectivity index (χ1) is 41.7. The quantitative estimate of drug-likeness (QED) is 0.0220. The van der Waals surface area contributed by atoms with Crippen LogP contribution in [0.15, 0.2) is 181 Å². The Labute approximate surface area is 566 Å². The molecule has 2 heterocycles. The Morgan fingerprint density at radius 3 is 1.35 bits per heavy atom. The molecule has 1 amide bonds. The predicted molar refractivity (Wildman–Crippen MR) is 342 cm³/mol. The molecule has 8 aromatic carbocycles. The second-order valence-corrected chi connectivity index (χ2v) is 18.5. The van der Waals surface area contributed by atoms with Crippen molar-refractivity contribution in [2.24, 2.45) is 5.10 Å². The molecule has 0 atom stereocenters. The van der Waals surface area contributed by atoms with Crippen LogP contribution in [0.4, 0.5) is 13.2 Å². The molecule has 0 unspecified atom stereocenters. The van der Waals surface area contributed by atoms with Gasteiger partial charge in [-0.1, -0.05) is 202 Å². The number of aliphatic carboxylic acids is 1. The van der Waals surface area contributed by atoms with E-state index in [4.69, 9.17) is 16.3 Å². The topological polar surface area (TPSA) is 240 Å². The van der Waals surface area contributed by atoms with E-state index in [0.29, 0.717) is 35.4 Å². The Kier molecular flexibility index (Phi) is 39.4. The van der Waals surface area contributed by atoms with Gasteiger partial charge in [0.05, 0.1) is 43.4 Å². The zero-order valence-corrected chi connectivity index (χ0v) is 55.7. The summed E-state index contributed by atoms with van der Waals surface area (Å²) in [5.41, 5.74) is 0.843. The van der Waals surface area contributed by atoms with Gasteiger partial charge >= 0.3 is 78.9 Å². The number of nitrogens with one attached hydrogen (secondary N) is 2. The van der Waals surface area contributed by atoms with Crippen LogP contribution in [0.3, 0.4) is 0 Å². The average molecular weight is 1290 g/mol. The molecule has 9 aromatic rings. The van der Waals surface area contributed by atoms with Crippen LogP contribution in [0.2, 0.25) is 0 Å². The van der Waals surface area contributed by atoms with E-state index >= 15 is 0 Å². The van der Waals surface area contributed by atoms with Gasteiger partial charge in [-0.2, -0.15) is 26.7 Å². The summed E-state index contributed by atoms with van der Waals surface area (Å²) in [4.78, 5) is 64.9. The maximum Gasteiger partial charge on any atom is 1.00 e. The molecule has 0 fully saturated rings. The van der Waals surface area contributed by atoms with Crippen molar-refractivity contribution >= 4 is 105 Å². The van der Waals surface area contributed by atoms with E-state index in [-0.39, 0.29) is 83.5 Å². The van der Waals surface area contributed by atoms with Crippen molar-refractivity contribution in [3.05, 3.63) is 193 Å². The smallest absolute Gasteiger partial charge is 0.550 e. The predicted octanol–water partition coefficient (Wildman–Crippen LogP) is 12.2. The Balaban J connectivity index is 0.00000108. The van der Waals surface area contributed by atoms with Crippen molar-refractivity contribution in [1.29, 1.82) is 0 Å². The molecule has 0 saturated carbocycles. The van der Waals surface area contributed by atoms with Gasteiger partial charge in [-0.25, -0.2) is 5.43 Å². The SMILES string of the molecule is C.CC.CC.CC.CC.CCOC(=O)CC(=O)[O-].CCOC(=O)CC(=O)c1ccc2ccccc2c1.O=C(Cl)c1ccc2ccccc2c1.O=C1CC(c2ccc3ccccc3c2)=NN1.O=S(=O)(Oc1cc(-c2ccc3ccccc3c2)[nH]n1)C(F)(F)F.[K+]. The number of ether oxygens (including phenoxy) is 2. The van der Waals surface area contributed by atoms with Gasteiger partial charge in [-0.3, -0.25) is 29.1 Å². The molecular formula is C67H75ClF3KN4O12S. The van der Waals surface area contributed by atoms with Gasteiger partial charge in [-0.15, -0.1) is 5.10 Å². The van der Waals surface area contributed by atoms with Gasteiger partial charge in [-0.05, 0) is 104 Å². The van der Waals surface area contributed by atoms with Crippen molar-refractivity contribution in [1.82, 2.24) is 15.6 Å². The molecule has 0 radical (unpaired) electrons. The normalized spacial score (nSPS) is 10.6. The zero-order chi connectivity index (χ0) is 65.1. The molecule has 0 aliphatic carbocycles. The molecule has 16 nitrogen and oxygen atoms in total. The number of hydrazone groups is 1. The summed E-state index contributed by atoms with van der Waals surface area (Å²) in [6, 6.07) is 54.7. The summed E-state index contributed by atoms with van der Waals surface area (Å²) in [6.07, 6.45) is -0.488. The summed E-state index contributed by atoms with van der Waals surface area (Å²) >= 11 is 5.36. The molecule has 0 saturated heterocycles. The number of aromatic amines is 1. The monoisotopic (exact) mass is 1290 g/mol. The molecular weight excluding hydrogens is 1220 g/mol. The minimum atomic E-state index is -5.74. The van der Waals surface area contributed by atoms with Crippen molar-refractivity contribution in [2.75, 3.05) is 13.2 Å². The fraction of sp³-hybridized carbons (Fsp3) is 0.254. The second kappa shape index (κ2) is 43.1. The summed E-state index contributed by atoms with van der Waals surface area (Å²) < 4.78 is 71.7. The van der Waals surface area contributed by atoms with E-state index in [2.05, 4.69) is 53.9 Å². The second-order valence-electron chi connectivity index (χ2n) is 16.7. The average Bonchev–Trinajstić information content (AvgIpc) is 2.25. The van der Waals surface area contributed by atoms with Crippen molar-refractivity contribution in [2.45, 2.75) is 101 Å². The number of H-pyrrole nitrogens is 1. The van der Waals surface area contributed by atoms with Crippen molar-refractivity contribution in [3.63, 3.8) is 0 Å². The number of rotatable bonds is 12. The van der Waals surface area contributed by atoms with E-state index < -0.39 is 51.1 Å². The Morgan fingerprint density at radius 2 is 0.944 bits per heavy atom. The van der Waals surface area contributed by atoms with Gasteiger partial charge < -0.3 is 23.6 Å². The molecule has 22 heteroatoms. The Bertz CT molecular complexity index is 3840. The zero-order valence-electron chi connectivity index (χ0n) is 51.0. The summed E-state index contributed by atoms with van der Waals surface area (Å²) in [5.74, 6) is -3.56. The van der Waals surface area contributed by atoms with Crippen LogP contribution in [-0.2, 0) is 38.8 Å². The third-order valence-electron chi connectivity index (χ3n) is 11.1. The third kappa shape index (κ3) is 27.3. The molecule has 10 rings (SSSR count). The minimum Gasteiger partial charge on any atom is -0.550 e. The number of alkyl halides is 3. The molecule has 1 aliphatic rings. The number of aromatic nitrogens is 2. The van der Waals surface area contributed by atoms with E-state index in [1.807, 2.05) is 165 Å².